The van der Waals surface area contributed by atoms with Gasteiger partial charge in [0.2, 0.25) is 0 Å². The molecule has 2 aromatic rings. The molecule has 0 radical (unpaired) electrons. The van der Waals surface area contributed by atoms with E-state index >= 15 is 0 Å². The quantitative estimate of drug-likeness (QED) is 0.846. The van der Waals surface area contributed by atoms with Gasteiger partial charge >= 0.3 is 12.2 Å². The Bertz CT molecular complexity index is 671. The predicted molar refractivity (Wildman–Crippen MR) is 72.0 cm³/mol. The van der Waals surface area contributed by atoms with E-state index in [0.717, 1.165) is 12.1 Å². The van der Waals surface area contributed by atoms with Crippen LogP contribution in [0.1, 0.15) is 16.1 Å². The summed E-state index contributed by atoms with van der Waals surface area (Å²) >= 11 is 0.653. The third-order valence-electron chi connectivity index (χ3n) is 2.39. The van der Waals surface area contributed by atoms with Crippen LogP contribution >= 0.6 is 11.9 Å². The first kappa shape index (κ1) is 16.0. The van der Waals surface area contributed by atoms with Crippen LogP contribution < -0.4 is 10.0 Å². The number of halogens is 3. The number of alkyl halides is 3. The number of hydrogen-bond acceptors (Lipinski definition) is 4. The molecule has 116 valence electrons. The molecule has 1 aromatic carbocycles. The zero-order valence-corrected chi connectivity index (χ0v) is 11.6. The van der Waals surface area contributed by atoms with Crippen molar-refractivity contribution in [1.29, 1.82) is 0 Å². The smallest absolute Gasteiger partial charge is 0.416 e. The number of benzene rings is 1. The highest BCUT2D eigenvalue weighted by Crippen LogP contribution is 2.31. The Labute approximate surface area is 127 Å². The molecule has 1 aromatic heterocycles. The maximum atomic E-state index is 12.5. The van der Waals surface area contributed by atoms with Gasteiger partial charge in [-0.25, -0.2) is 4.79 Å². The van der Waals surface area contributed by atoms with Crippen molar-refractivity contribution in [2.45, 2.75) is 11.1 Å². The maximum Gasteiger partial charge on any atom is 0.416 e. The van der Waals surface area contributed by atoms with Gasteiger partial charge in [-0.3, -0.25) is 14.8 Å². The summed E-state index contributed by atoms with van der Waals surface area (Å²) in [5.74, 6) is -0.814. The molecule has 0 saturated heterocycles. The molecule has 2 N–H and O–H groups in total. The highest BCUT2D eigenvalue weighted by atomic mass is 32.2. The summed E-state index contributed by atoms with van der Waals surface area (Å²) in [5.41, 5.74) is -0.827. The Hall–Kier alpha value is -2.42. The van der Waals surface area contributed by atoms with Crippen LogP contribution in [-0.4, -0.2) is 11.9 Å². The molecular formula is C13H9F3N2O3S. The summed E-state index contributed by atoms with van der Waals surface area (Å²) in [6.07, 6.45) is -3.20. The molecule has 9 heteroatoms. The molecule has 22 heavy (non-hydrogen) atoms. The van der Waals surface area contributed by atoms with E-state index in [9.17, 15) is 22.8 Å². The largest absolute Gasteiger partial charge is 0.459 e. The van der Waals surface area contributed by atoms with Crippen LogP contribution in [0.15, 0.2) is 52.0 Å². The minimum absolute atomic E-state index is 0.0563. The number of amides is 3. The zero-order chi connectivity index (χ0) is 16.2. The van der Waals surface area contributed by atoms with Gasteiger partial charge in [0.15, 0.2) is 5.76 Å². The molecule has 0 bridgehead atoms. The van der Waals surface area contributed by atoms with Gasteiger partial charge < -0.3 is 4.42 Å². The van der Waals surface area contributed by atoms with Crippen molar-refractivity contribution in [1.82, 2.24) is 10.0 Å². The number of hydrogen-bond donors (Lipinski definition) is 2. The summed E-state index contributed by atoms with van der Waals surface area (Å²) in [6.45, 7) is 0. The van der Waals surface area contributed by atoms with Gasteiger partial charge in [0.1, 0.15) is 0 Å². The van der Waals surface area contributed by atoms with Gasteiger partial charge in [-0.05, 0) is 42.3 Å². The van der Waals surface area contributed by atoms with Crippen molar-refractivity contribution in [3.63, 3.8) is 0 Å². The van der Waals surface area contributed by atoms with Gasteiger partial charge in [0, 0.05) is 4.90 Å². The number of imide groups is 1. The van der Waals surface area contributed by atoms with E-state index in [2.05, 4.69) is 4.72 Å². The lowest BCUT2D eigenvalue weighted by Gasteiger charge is -2.09. The van der Waals surface area contributed by atoms with Crippen LogP contribution in [0, 0.1) is 0 Å². The Morgan fingerprint density at radius 2 is 1.91 bits per heavy atom. The van der Waals surface area contributed by atoms with Crippen LogP contribution in [0.4, 0.5) is 18.0 Å². The van der Waals surface area contributed by atoms with Gasteiger partial charge in [-0.1, -0.05) is 6.07 Å². The number of urea groups is 1. The first-order valence-corrected chi connectivity index (χ1v) is 6.67. The molecule has 0 saturated carbocycles. The topological polar surface area (TPSA) is 71.3 Å². The average molecular weight is 330 g/mol. The minimum Gasteiger partial charge on any atom is -0.459 e. The SMILES string of the molecule is O=C(NSc1cccc(C(F)(F)F)c1)NC(=O)c1ccco1. The fraction of sp³-hybridized carbons (Fsp3) is 0.0769. The average Bonchev–Trinajstić information content (AvgIpc) is 2.99. The van der Waals surface area contributed by atoms with E-state index in [4.69, 9.17) is 4.42 Å². The van der Waals surface area contributed by atoms with Crippen molar-refractivity contribution in [2.24, 2.45) is 0 Å². The van der Waals surface area contributed by atoms with Gasteiger partial charge in [-0.15, -0.1) is 0 Å². The molecule has 2 rings (SSSR count). The molecule has 0 atom stereocenters. The molecule has 0 unspecified atom stereocenters. The molecule has 0 aliphatic heterocycles. The Morgan fingerprint density at radius 1 is 1.14 bits per heavy atom. The standard InChI is InChI=1S/C13H9F3N2O3S/c14-13(15,16)8-3-1-4-9(7-8)22-18-12(20)17-11(19)10-5-2-6-21-10/h1-7H,(H2,17,18,19,20). The summed E-state index contributed by atoms with van der Waals surface area (Å²) in [7, 11) is 0. The summed E-state index contributed by atoms with van der Waals surface area (Å²) in [6, 6.07) is 6.40. The Balaban J connectivity index is 1.90. The van der Waals surface area contributed by atoms with Crippen molar-refractivity contribution < 1.29 is 27.2 Å². The second kappa shape index (κ2) is 6.56. The van der Waals surface area contributed by atoms with Crippen LogP contribution in [0.2, 0.25) is 0 Å². The van der Waals surface area contributed by atoms with Crippen molar-refractivity contribution in [2.75, 3.05) is 0 Å². The number of furan rings is 1. The highest BCUT2D eigenvalue weighted by Gasteiger charge is 2.30. The summed E-state index contributed by atoms with van der Waals surface area (Å²) < 4.78 is 44.6. The Kier molecular flexibility index (Phi) is 4.76. The minimum atomic E-state index is -4.46. The molecule has 0 aliphatic rings. The zero-order valence-electron chi connectivity index (χ0n) is 10.8. The van der Waals surface area contributed by atoms with E-state index in [1.54, 1.807) is 0 Å². The summed E-state index contributed by atoms with van der Waals surface area (Å²) in [5, 5.41) is 1.97. The second-order valence-corrected chi connectivity index (χ2v) is 4.87. The van der Waals surface area contributed by atoms with Crippen molar-refractivity contribution in [3.8, 4) is 0 Å². The van der Waals surface area contributed by atoms with Crippen molar-refractivity contribution >= 4 is 23.9 Å². The van der Waals surface area contributed by atoms with Gasteiger partial charge in [-0.2, -0.15) is 13.2 Å². The van der Waals surface area contributed by atoms with E-state index < -0.39 is 23.7 Å². The van der Waals surface area contributed by atoms with E-state index in [0.29, 0.717) is 11.9 Å². The van der Waals surface area contributed by atoms with Crippen molar-refractivity contribution in [3.05, 3.63) is 54.0 Å². The van der Waals surface area contributed by atoms with E-state index in [1.807, 2.05) is 5.32 Å². The van der Waals surface area contributed by atoms with E-state index in [1.165, 1.54) is 30.5 Å². The molecule has 3 amide bonds. The molecule has 1 heterocycles. The number of rotatable bonds is 3. The molecule has 0 spiro atoms. The van der Waals surface area contributed by atoms with Crippen LogP contribution in [0.3, 0.4) is 0 Å². The third kappa shape index (κ3) is 4.29. The molecular weight excluding hydrogens is 321 g/mol. The first-order valence-electron chi connectivity index (χ1n) is 5.85. The normalized spacial score (nSPS) is 11.0. The highest BCUT2D eigenvalue weighted by molar-refractivity contribution is 7.98. The monoisotopic (exact) mass is 330 g/mol. The lowest BCUT2D eigenvalue weighted by atomic mass is 10.2. The summed E-state index contributed by atoms with van der Waals surface area (Å²) in [4.78, 5) is 23.1. The lowest BCUT2D eigenvalue weighted by molar-refractivity contribution is -0.137. The van der Waals surface area contributed by atoms with Crippen LogP contribution in [0.25, 0.3) is 0 Å². The fourth-order valence-electron chi connectivity index (χ4n) is 1.44. The third-order valence-corrected chi connectivity index (χ3v) is 3.17. The van der Waals surface area contributed by atoms with E-state index in [-0.39, 0.29) is 10.7 Å². The van der Waals surface area contributed by atoms with Crippen LogP contribution in [0.5, 0.6) is 0 Å². The lowest BCUT2D eigenvalue weighted by Crippen LogP contribution is -2.36. The predicted octanol–water partition coefficient (Wildman–Crippen LogP) is 3.45. The number of carbonyl (C=O) groups is 2. The van der Waals surface area contributed by atoms with Crippen LogP contribution in [-0.2, 0) is 6.18 Å². The molecule has 5 nitrogen and oxygen atoms in total. The number of carbonyl (C=O) groups excluding carboxylic acids is 2. The fourth-order valence-corrected chi connectivity index (χ4v) is 2.03. The van der Waals surface area contributed by atoms with Gasteiger partial charge in [0.25, 0.3) is 5.91 Å². The Morgan fingerprint density at radius 3 is 2.55 bits per heavy atom. The maximum absolute atomic E-state index is 12.5. The first-order chi connectivity index (χ1) is 10.4. The number of nitrogens with one attached hydrogen (secondary N) is 2. The van der Waals surface area contributed by atoms with Gasteiger partial charge in [0.05, 0.1) is 11.8 Å². The molecule has 0 fully saturated rings. The molecule has 0 aliphatic carbocycles. The second-order valence-electron chi connectivity index (χ2n) is 3.99.